The minimum absolute atomic E-state index is 0.00347. The van der Waals surface area contributed by atoms with Crippen LogP contribution in [-0.2, 0) is 0 Å². The van der Waals surface area contributed by atoms with Crippen molar-refractivity contribution in [3.8, 4) is 0 Å². The van der Waals surface area contributed by atoms with Gasteiger partial charge in [0, 0.05) is 0 Å². The maximum absolute atomic E-state index is 10.4. The smallest absolute Gasteiger partial charge is 0.249 e. The first kappa shape index (κ1) is 5.41. The Balaban J connectivity index is 2.65. The molecule has 0 aromatic rings. The Morgan fingerprint density at radius 1 is 1.75 bits per heavy atom. The molecule has 0 saturated heterocycles. The highest BCUT2D eigenvalue weighted by Gasteiger charge is 2.15. The van der Waals surface area contributed by atoms with Gasteiger partial charge in [0.15, 0.2) is 6.08 Å². The molecule has 0 bridgehead atoms. The monoisotopic (exact) mass is 112 g/mol. The molecule has 1 heterocycles. The fraction of sp³-hybridized carbons (Fsp3) is 0.200. The van der Waals surface area contributed by atoms with Crippen molar-refractivity contribution < 1.29 is 10.0 Å². The topological polar surface area (TPSA) is 43.3 Å². The molecule has 0 aromatic carbocycles. The highest BCUT2D eigenvalue weighted by molar-refractivity contribution is 4.98. The molecule has 0 fully saturated rings. The summed E-state index contributed by atoms with van der Waals surface area (Å²) in [5.74, 6) is 0. The maximum Gasteiger partial charge on any atom is 0.249 e. The third kappa shape index (κ3) is 1.12. The molecule has 0 spiro atoms. The van der Waals surface area contributed by atoms with E-state index in [1.165, 1.54) is 6.08 Å². The summed E-state index contributed by atoms with van der Waals surface area (Å²) >= 11 is 0. The normalized spacial score (nSPS) is 34.8. The lowest BCUT2D eigenvalue weighted by Gasteiger charge is -2.23. The quantitative estimate of drug-likeness (QED) is 0.283. The zero-order valence-electron chi connectivity index (χ0n) is 4.24. The molecule has 0 saturated carbocycles. The van der Waals surface area contributed by atoms with Crippen LogP contribution < -0.4 is 0 Å². The molecule has 1 N–H and O–H groups in total. The van der Waals surface area contributed by atoms with Gasteiger partial charge >= 0.3 is 0 Å². The molecule has 0 radical (unpaired) electrons. The number of rotatable bonds is 0. The zero-order chi connectivity index (χ0) is 6.04. The molecule has 42 valence electrons. The van der Waals surface area contributed by atoms with Crippen LogP contribution in [0.15, 0.2) is 18.4 Å². The second-order valence-corrected chi connectivity index (χ2v) is 1.63. The van der Waals surface area contributed by atoms with E-state index in [-0.39, 0.29) is 6.54 Å². The Labute approximate surface area is 47.3 Å². The first-order chi connectivity index (χ1) is 3.71. The molecule has 8 heavy (non-hydrogen) atoms. The Hall–Kier alpha value is -0.730. The summed E-state index contributed by atoms with van der Waals surface area (Å²) in [6, 6.07) is 0. The Kier molecular flexibility index (Phi) is 1.12. The van der Waals surface area contributed by atoms with Crippen molar-refractivity contribution in [1.29, 1.82) is 0 Å². The van der Waals surface area contributed by atoms with Gasteiger partial charge < -0.3 is 5.21 Å². The minimum Gasteiger partial charge on any atom is -0.590 e. The first-order valence-electron chi connectivity index (χ1n) is 2.27. The molecule has 0 aliphatic carbocycles. The molecule has 1 aliphatic heterocycles. The van der Waals surface area contributed by atoms with Crippen molar-refractivity contribution in [1.82, 2.24) is 0 Å². The van der Waals surface area contributed by atoms with Gasteiger partial charge in [0.25, 0.3) is 0 Å². The Morgan fingerprint density at radius 2 is 2.50 bits per heavy atom. The lowest BCUT2D eigenvalue weighted by molar-refractivity contribution is -1.02. The van der Waals surface area contributed by atoms with Gasteiger partial charge in [-0.25, -0.2) is 5.21 Å². The van der Waals surface area contributed by atoms with Crippen LogP contribution in [0.3, 0.4) is 0 Å². The van der Waals surface area contributed by atoms with Crippen LogP contribution in [0, 0.1) is 11.3 Å². The SMILES string of the molecule is [O-][N+]1(O)C=CC=[C+]C1. The summed E-state index contributed by atoms with van der Waals surface area (Å²) in [6.45, 7) is -0.00347. The van der Waals surface area contributed by atoms with Crippen molar-refractivity contribution in [2.75, 3.05) is 6.54 Å². The molecular weight excluding hydrogens is 106 g/mol. The number of hydrogen-bond acceptors (Lipinski definition) is 2. The van der Waals surface area contributed by atoms with Crippen molar-refractivity contribution in [2.45, 2.75) is 0 Å². The minimum atomic E-state index is -1.32. The summed E-state index contributed by atoms with van der Waals surface area (Å²) in [7, 11) is 0. The van der Waals surface area contributed by atoms with Gasteiger partial charge in [0.2, 0.25) is 12.7 Å². The largest absolute Gasteiger partial charge is 0.590 e. The van der Waals surface area contributed by atoms with Crippen LogP contribution in [0.25, 0.3) is 0 Å². The van der Waals surface area contributed by atoms with Gasteiger partial charge in [0.05, 0.1) is 0 Å². The van der Waals surface area contributed by atoms with Crippen LogP contribution in [0.5, 0.6) is 0 Å². The van der Waals surface area contributed by atoms with Crippen molar-refractivity contribution in [3.63, 3.8) is 0 Å². The van der Waals surface area contributed by atoms with E-state index >= 15 is 0 Å². The molecule has 3 heteroatoms. The molecule has 3 nitrogen and oxygen atoms in total. The van der Waals surface area contributed by atoms with Gasteiger partial charge in [-0.15, -0.1) is 4.81 Å². The van der Waals surface area contributed by atoms with E-state index in [4.69, 9.17) is 5.21 Å². The fourth-order valence-electron chi connectivity index (χ4n) is 0.482. The number of quaternary nitrogens is 1. The van der Waals surface area contributed by atoms with E-state index in [2.05, 4.69) is 6.08 Å². The highest BCUT2D eigenvalue weighted by Crippen LogP contribution is 2.03. The predicted octanol–water partition coefficient (Wildman–Crippen LogP) is 0.577. The molecule has 0 aromatic heterocycles. The summed E-state index contributed by atoms with van der Waals surface area (Å²) in [4.78, 5) is -1.32. The van der Waals surface area contributed by atoms with E-state index in [1.54, 1.807) is 6.08 Å². The Bertz CT molecular complexity index is 137. The van der Waals surface area contributed by atoms with E-state index in [0.29, 0.717) is 0 Å². The van der Waals surface area contributed by atoms with Crippen molar-refractivity contribution in [3.05, 3.63) is 29.6 Å². The van der Waals surface area contributed by atoms with E-state index < -0.39 is 4.81 Å². The summed E-state index contributed by atoms with van der Waals surface area (Å²) in [5.41, 5.74) is 0. The second kappa shape index (κ2) is 1.65. The number of nitrogens with zero attached hydrogens (tertiary/aromatic N) is 1. The molecule has 1 unspecified atom stereocenters. The van der Waals surface area contributed by atoms with Gasteiger partial charge in [-0.05, 0) is 0 Å². The second-order valence-electron chi connectivity index (χ2n) is 1.63. The van der Waals surface area contributed by atoms with Gasteiger partial charge in [-0.1, -0.05) is 0 Å². The average molecular weight is 112 g/mol. The molecule has 0 amide bonds. The van der Waals surface area contributed by atoms with Gasteiger partial charge in [-0.3, -0.25) is 0 Å². The third-order valence-corrected chi connectivity index (χ3v) is 0.851. The fourth-order valence-corrected chi connectivity index (χ4v) is 0.482. The van der Waals surface area contributed by atoms with E-state index in [0.717, 1.165) is 6.20 Å². The number of allylic oxidation sites excluding steroid dienone is 2. The first-order valence-corrected chi connectivity index (χ1v) is 2.27. The lowest BCUT2D eigenvalue weighted by atomic mass is 10.4. The van der Waals surface area contributed by atoms with Gasteiger partial charge in [0.1, 0.15) is 12.2 Å². The summed E-state index contributed by atoms with van der Waals surface area (Å²) < 4.78 is 0. The summed E-state index contributed by atoms with van der Waals surface area (Å²) in [5, 5.41) is 19.0. The molecular formula is C5H6NO2+. The Morgan fingerprint density at radius 3 is 2.75 bits per heavy atom. The van der Waals surface area contributed by atoms with E-state index in [1.807, 2.05) is 0 Å². The van der Waals surface area contributed by atoms with Gasteiger partial charge in [-0.2, -0.15) is 0 Å². The zero-order valence-corrected chi connectivity index (χ0v) is 4.24. The maximum atomic E-state index is 10.4. The third-order valence-electron chi connectivity index (χ3n) is 0.851. The predicted molar refractivity (Wildman–Crippen MR) is 27.2 cm³/mol. The lowest BCUT2D eigenvalue weighted by Crippen LogP contribution is -2.33. The van der Waals surface area contributed by atoms with Crippen LogP contribution in [0.4, 0.5) is 0 Å². The molecule has 1 rings (SSSR count). The molecule has 1 atom stereocenters. The average Bonchev–Trinajstić information content (AvgIpc) is 1.65. The van der Waals surface area contributed by atoms with Crippen LogP contribution in [-0.4, -0.2) is 16.6 Å². The van der Waals surface area contributed by atoms with Crippen LogP contribution in [0.2, 0.25) is 0 Å². The summed E-state index contributed by atoms with van der Waals surface area (Å²) in [6.07, 6.45) is 6.79. The highest BCUT2D eigenvalue weighted by atomic mass is 16.8. The van der Waals surface area contributed by atoms with E-state index in [9.17, 15) is 5.21 Å². The van der Waals surface area contributed by atoms with Crippen LogP contribution in [0.1, 0.15) is 0 Å². The standard InChI is InChI=1S/C5H6NO2/c7-6(8)4-2-1-3-5-6/h1-2,4,7H,5H2/q+1. The number of hydrogen-bond donors (Lipinski definition) is 1. The van der Waals surface area contributed by atoms with Crippen molar-refractivity contribution in [2.24, 2.45) is 0 Å². The van der Waals surface area contributed by atoms with Crippen molar-refractivity contribution >= 4 is 0 Å². The van der Waals surface area contributed by atoms with Crippen LogP contribution >= 0.6 is 0 Å². The number of hydroxylamine groups is 4. The molecule has 1 aliphatic rings.